The van der Waals surface area contributed by atoms with E-state index in [9.17, 15) is 9.59 Å². The molecule has 0 aliphatic heterocycles. The van der Waals surface area contributed by atoms with Gasteiger partial charge in [0.2, 0.25) is 5.91 Å². The molecule has 0 heterocycles. The van der Waals surface area contributed by atoms with Gasteiger partial charge in [0.1, 0.15) is 11.8 Å². The normalized spacial score (nSPS) is 11.8. The summed E-state index contributed by atoms with van der Waals surface area (Å²) >= 11 is 6.03. The number of methoxy groups -OCH3 is 1. The molecule has 1 atom stereocenters. The highest BCUT2D eigenvalue weighted by molar-refractivity contribution is 6.31. The summed E-state index contributed by atoms with van der Waals surface area (Å²) in [5.74, 6) is -0.875. The van der Waals surface area contributed by atoms with Gasteiger partial charge in [-0.3, -0.25) is 4.79 Å². The minimum Gasteiger partial charge on any atom is -0.496 e. The first kappa shape index (κ1) is 15.3. The van der Waals surface area contributed by atoms with E-state index in [4.69, 9.17) is 21.4 Å². The average molecular weight is 286 g/mol. The molecule has 5 nitrogen and oxygen atoms in total. The lowest BCUT2D eigenvalue weighted by Gasteiger charge is -2.22. The Balaban J connectivity index is 2.91. The Hall–Kier alpha value is -1.75. The number of aliphatic carboxylic acids is 1. The summed E-state index contributed by atoms with van der Waals surface area (Å²) in [6, 6.07) is 4.20. The van der Waals surface area contributed by atoms with E-state index < -0.39 is 12.0 Å². The van der Waals surface area contributed by atoms with Crippen LogP contribution in [0, 0.1) is 0 Å². The monoisotopic (exact) mass is 285 g/mol. The predicted octanol–water partition coefficient (Wildman–Crippen LogP) is 1.82. The Morgan fingerprint density at radius 1 is 1.47 bits per heavy atom. The zero-order valence-electron chi connectivity index (χ0n) is 11.0. The molecule has 104 valence electrons. The van der Waals surface area contributed by atoms with Crippen LogP contribution in [0.1, 0.15) is 12.5 Å². The molecule has 1 amide bonds. The number of carbonyl (C=O) groups is 2. The number of nitrogens with zero attached hydrogens (tertiary/aromatic N) is 1. The summed E-state index contributed by atoms with van der Waals surface area (Å²) in [5, 5.41) is 9.30. The van der Waals surface area contributed by atoms with Gasteiger partial charge in [-0.05, 0) is 19.1 Å². The lowest BCUT2D eigenvalue weighted by molar-refractivity contribution is -0.148. The fourth-order valence-electron chi connectivity index (χ4n) is 1.56. The standard InChI is InChI=1S/C13H16ClNO4/c1-8(13(17)18)15(2)12(16)7-9-10(14)5-4-6-11(9)19-3/h4-6,8H,7H2,1-3H3,(H,17,18). The fraction of sp³-hybridized carbons (Fsp3) is 0.385. The topological polar surface area (TPSA) is 66.8 Å². The molecule has 0 radical (unpaired) electrons. The first-order valence-corrected chi connectivity index (χ1v) is 6.06. The molecule has 0 saturated heterocycles. The van der Waals surface area contributed by atoms with E-state index in [1.165, 1.54) is 26.0 Å². The maximum absolute atomic E-state index is 12.0. The smallest absolute Gasteiger partial charge is 0.326 e. The van der Waals surface area contributed by atoms with E-state index in [0.29, 0.717) is 16.3 Å². The number of halogens is 1. The van der Waals surface area contributed by atoms with E-state index in [2.05, 4.69) is 0 Å². The molecule has 0 fully saturated rings. The molecule has 0 bridgehead atoms. The Labute approximate surface area is 116 Å². The number of ether oxygens (including phenoxy) is 1. The lowest BCUT2D eigenvalue weighted by Crippen LogP contribution is -2.41. The second-order valence-corrected chi connectivity index (χ2v) is 4.52. The van der Waals surface area contributed by atoms with E-state index in [0.717, 1.165) is 0 Å². The summed E-state index contributed by atoms with van der Waals surface area (Å²) < 4.78 is 5.14. The van der Waals surface area contributed by atoms with E-state index >= 15 is 0 Å². The predicted molar refractivity (Wildman–Crippen MR) is 71.6 cm³/mol. The van der Waals surface area contributed by atoms with Crippen molar-refractivity contribution < 1.29 is 19.4 Å². The Kier molecular flexibility index (Phi) is 5.18. The Morgan fingerprint density at radius 3 is 2.63 bits per heavy atom. The van der Waals surface area contributed by atoms with Crippen molar-refractivity contribution in [2.45, 2.75) is 19.4 Å². The molecular formula is C13H16ClNO4. The highest BCUT2D eigenvalue weighted by atomic mass is 35.5. The average Bonchev–Trinajstić information content (AvgIpc) is 2.38. The van der Waals surface area contributed by atoms with Crippen molar-refractivity contribution in [3.8, 4) is 5.75 Å². The maximum atomic E-state index is 12.0. The summed E-state index contributed by atoms with van der Waals surface area (Å²) in [6.07, 6.45) is -0.00301. The van der Waals surface area contributed by atoms with Gasteiger partial charge in [0.25, 0.3) is 0 Å². The van der Waals surface area contributed by atoms with Crippen molar-refractivity contribution in [3.05, 3.63) is 28.8 Å². The van der Waals surface area contributed by atoms with Gasteiger partial charge in [-0.25, -0.2) is 4.79 Å². The van der Waals surface area contributed by atoms with Crippen molar-refractivity contribution in [2.24, 2.45) is 0 Å². The van der Waals surface area contributed by atoms with Gasteiger partial charge in [0.05, 0.1) is 13.5 Å². The van der Waals surface area contributed by atoms with Gasteiger partial charge < -0.3 is 14.7 Å². The second-order valence-electron chi connectivity index (χ2n) is 4.12. The zero-order valence-corrected chi connectivity index (χ0v) is 11.8. The quantitative estimate of drug-likeness (QED) is 0.896. The summed E-state index contributed by atoms with van der Waals surface area (Å²) in [7, 11) is 2.94. The first-order valence-electron chi connectivity index (χ1n) is 5.68. The number of hydrogen-bond donors (Lipinski definition) is 1. The molecule has 0 aromatic heterocycles. The van der Waals surface area contributed by atoms with Crippen LogP contribution in [0.4, 0.5) is 0 Å². The van der Waals surface area contributed by atoms with Gasteiger partial charge in [0.15, 0.2) is 0 Å². The number of carboxylic acids is 1. The van der Waals surface area contributed by atoms with Crippen molar-refractivity contribution in [1.82, 2.24) is 4.90 Å². The van der Waals surface area contributed by atoms with Crippen LogP contribution >= 0.6 is 11.6 Å². The van der Waals surface area contributed by atoms with Crippen molar-refractivity contribution in [3.63, 3.8) is 0 Å². The van der Waals surface area contributed by atoms with Gasteiger partial charge >= 0.3 is 5.97 Å². The van der Waals surface area contributed by atoms with Crippen LogP contribution in [0.15, 0.2) is 18.2 Å². The van der Waals surface area contributed by atoms with Crippen molar-refractivity contribution in [2.75, 3.05) is 14.2 Å². The summed E-state index contributed by atoms with van der Waals surface area (Å²) in [6.45, 7) is 1.45. The molecule has 6 heteroatoms. The van der Waals surface area contributed by atoms with Crippen LogP contribution in [0.25, 0.3) is 0 Å². The number of carboxylic acid groups (broad SMARTS) is 1. The highest BCUT2D eigenvalue weighted by Crippen LogP contribution is 2.27. The minimum atomic E-state index is -1.05. The number of benzene rings is 1. The molecule has 1 N–H and O–H groups in total. The lowest BCUT2D eigenvalue weighted by atomic mass is 10.1. The van der Waals surface area contributed by atoms with Gasteiger partial charge in [0, 0.05) is 17.6 Å². The number of carbonyl (C=O) groups excluding carboxylic acids is 1. The third kappa shape index (κ3) is 3.61. The largest absolute Gasteiger partial charge is 0.496 e. The highest BCUT2D eigenvalue weighted by Gasteiger charge is 2.23. The number of rotatable bonds is 5. The third-order valence-electron chi connectivity index (χ3n) is 2.96. The number of amides is 1. The number of likely N-dealkylation sites (N-methyl/N-ethyl adjacent to an activating group) is 1. The molecule has 19 heavy (non-hydrogen) atoms. The SMILES string of the molecule is COc1cccc(Cl)c1CC(=O)N(C)C(C)C(=O)O. The molecule has 1 aromatic carbocycles. The van der Waals surface area contributed by atoms with Crippen molar-refractivity contribution in [1.29, 1.82) is 0 Å². The van der Waals surface area contributed by atoms with Crippen LogP contribution in [0.2, 0.25) is 5.02 Å². The van der Waals surface area contributed by atoms with Gasteiger partial charge in [-0.15, -0.1) is 0 Å². The summed E-state index contributed by atoms with van der Waals surface area (Å²) in [5.41, 5.74) is 0.557. The molecule has 0 aliphatic rings. The van der Waals surface area contributed by atoms with E-state index in [1.54, 1.807) is 18.2 Å². The second kappa shape index (κ2) is 6.43. The number of hydrogen-bond acceptors (Lipinski definition) is 3. The third-order valence-corrected chi connectivity index (χ3v) is 3.31. The molecule has 1 rings (SSSR count). The summed E-state index contributed by atoms with van der Waals surface area (Å²) in [4.78, 5) is 24.0. The minimum absolute atomic E-state index is 0.00301. The van der Waals surface area contributed by atoms with Crippen LogP contribution in [0.5, 0.6) is 5.75 Å². The molecule has 0 spiro atoms. The maximum Gasteiger partial charge on any atom is 0.326 e. The van der Waals surface area contributed by atoms with Crippen molar-refractivity contribution >= 4 is 23.5 Å². The van der Waals surface area contributed by atoms with Gasteiger partial charge in [-0.1, -0.05) is 17.7 Å². The molecule has 1 unspecified atom stereocenters. The van der Waals surface area contributed by atoms with Crippen LogP contribution in [0.3, 0.4) is 0 Å². The van der Waals surface area contributed by atoms with E-state index in [1.807, 2.05) is 0 Å². The first-order chi connectivity index (χ1) is 8.88. The van der Waals surface area contributed by atoms with E-state index in [-0.39, 0.29) is 12.3 Å². The molecule has 0 aliphatic carbocycles. The fourth-order valence-corrected chi connectivity index (χ4v) is 1.79. The van der Waals surface area contributed by atoms with Crippen LogP contribution in [-0.2, 0) is 16.0 Å². The zero-order chi connectivity index (χ0) is 14.6. The Bertz CT molecular complexity index is 490. The van der Waals surface area contributed by atoms with Crippen LogP contribution < -0.4 is 4.74 Å². The Morgan fingerprint density at radius 2 is 2.11 bits per heavy atom. The van der Waals surface area contributed by atoms with Crippen LogP contribution in [-0.4, -0.2) is 42.1 Å². The molecule has 0 saturated carbocycles. The van der Waals surface area contributed by atoms with Gasteiger partial charge in [-0.2, -0.15) is 0 Å². The molecule has 1 aromatic rings. The molecular weight excluding hydrogens is 270 g/mol.